The number of nitrogens with zero attached hydrogens (tertiary/aromatic N) is 3. The van der Waals surface area contributed by atoms with Crippen molar-refractivity contribution in [3.05, 3.63) is 18.6 Å². The summed E-state index contributed by atoms with van der Waals surface area (Å²) >= 11 is 0. The summed E-state index contributed by atoms with van der Waals surface area (Å²) in [6.45, 7) is 1.18. The van der Waals surface area contributed by atoms with Crippen LogP contribution in [0.5, 0.6) is 5.88 Å². The first-order valence-electron chi connectivity index (χ1n) is 6.73. The molecule has 0 aliphatic carbocycles. The van der Waals surface area contributed by atoms with Gasteiger partial charge in [-0.15, -0.1) is 0 Å². The van der Waals surface area contributed by atoms with Crippen molar-refractivity contribution in [2.45, 2.75) is 31.4 Å². The molecule has 2 aliphatic heterocycles. The Labute approximate surface area is 116 Å². The average Bonchev–Trinajstić information content (AvgIpc) is 3.08. The van der Waals surface area contributed by atoms with E-state index in [1.165, 1.54) is 0 Å². The highest BCUT2D eigenvalue weighted by molar-refractivity contribution is 5.90. The maximum absolute atomic E-state index is 12.2. The molecule has 3 rings (SSSR count). The van der Waals surface area contributed by atoms with E-state index in [2.05, 4.69) is 15.3 Å². The normalized spacial score (nSPS) is 25.6. The fraction of sp³-hybridized carbons (Fsp3) is 0.538. The van der Waals surface area contributed by atoms with E-state index in [1.54, 1.807) is 23.5 Å². The standard InChI is InChI=1S/C13H16N4O3/c18-11-2-1-10(16-11)13(19)17-6-3-9(8-17)20-12-7-14-4-5-15-12/h4-5,7,9-10H,1-3,6,8H2,(H,16,18)/t9-,10+/m0/s1. The highest BCUT2D eigenvalue weighted by Gasteiger charge is 2.35. The van der Waals surface area contributed by atoms with Crippen LogP contribution in [0.2, 0.25) is 0 Å². The molecule has 2 fully saturated rings. The summed E-state index contributed by atoms with van der Waals surface area (Å²) in [6, 6.07) is -0.363. The van der Waals surface area contributed by atoms with Gasteiger partial charge in [0.2, 0.25) is 17.7 Å². The van der Waals surface area contributed by atoms with Gasteiger partial charge in [0.1, 0.15) is 12.1 Å². The predicted molar refractivity (Wildman–Crippen MR) is 68.8 cm³/mol. The Morgan fingerprint density at radius 2 is 2.30 bits per heavy atom. The third kappa shape index (κ3) is 2.71. The molecule has 7 heteroatoms. The lowest BCUT2D eigenvalue weighted by atomic mass is 10.2. The van der Waals surface area contributed by atoms with Gasteiger partial charge in [-0.3, -0.25) is 14.6 Å². The molecule has 1 N–H and O–H groups in total. The summed E-state index contributed by atoms with van der Waals surface area (Å²) < 4.78 is 5.68. The second-order valence-corrected chi connectivity index (χ2v) is 5.02. The molecule has 106 valence electrons. The molecule has 20 heavy (non-hydrogen) atoms. The minimum absolute atomic E-state index is 0.0129. The summed E-state index contributed by atoms with van der Waals surface area (Å²) in [6.07, 6.45) is 6.44. The van der Waals surface area contributed by atoms with Gasteiger partial charge in [0.05, 0.1) is 12.7 Å². The van der Waals surface area contributed by atoms with Gasteiger partial charge in [0, 0.05) is 31.8 Å². The maximum Gasteiger partial charge on any atom is 0.245 e. The predicted octanol–water partition coefficient (Wildman–Crippen LogP) is -0.265. The lowest BCUT2D eigenvalue weighted by Gasteiger charge is -2.20. The summed E-state index contributed by atoms with van der Waals surface area (Å²) in [5.41, 5.74) is 0. The minimum Gasteiger partial charge on any atom is -0.471 e. The molecule has 0 spiro atoms. The molecule has 1 aromatic rings. The number of ether oxygens (including phenoxy) is 1. The summed E-state index contributed by atoms with van der Waals surface area (Å²) in [7, 11) is 0. The van der Waals surface area contributed by atoms with Crippen LogP contribution in [0.4, 0.5) is 0 Å². The Kier molecular flexibility index (Phi) is 3.49. The van der Waals surface area contributed by atoms with Crippen LogP contribution in [-0.4, -0.2) is 51.9 Å². The molecule has 2 aliphatic rings. The number of carbonyl (C=O) groups is 2. The lowest BCUT2D eigenvalue weighted by Crippen LogP contribution is -2.44. The van der Waals surface area contributed by atoms with Crippen molar-refractivity contribution in [1.29, 1.82) is 0 Å². The van der Waals surface area contributed by atoms with Crippen molar-refractivity contribution in [3.63, 3.8) is 0 Å². The van der Waals surface area contributed by atoms with Crippen molar-refractivity contribution in [2.24, 2.45) is 0 Å². The molecule has 0 saturated carbocycles. The Bertz CT molecular complexity index is 508. The van der Waals surface area contributed by atoms with Gasteiger partial charge in [-0.1, -0.05) is 0 Å². The van der Waals surface area contributed by atoms with E-state index in [9.17, 15) is 9.59 Å². The number of hydrogen-bond acceptors (Lipinski definition) is 5. The zero-order valence-corrected chi connectivity index (χ0v) is 11.0. The van der Waals surface area contributed by atoms with Crippen LogP contribution in [0.25, 0.3) is 0 Å². The van der Waals surface area contributed by atoms with Gasteiger partial charge in [0.25, 0.3) is 0 Å². The topological polar surface area (TPSA) is 84.4 Å². The number of amides is 2. The van der Waals surface area contributed by atoms with Gasteiger partial charge in [-0.05, 0) is 6.42 Å². The quantitative estimate of drug-likeness (QED) is 0.822. The third-order valence-electron chi connectivity index (χ3n) is 3.58. The van der Waals surface area contributed by atoms with E-state index in [0.717, 1.165) is 6.42 Å². The fourth-order valence-electron chi connectivity index (χ4n) is 2.56. The SMILES string of the molecule is O=C1CC[C@H](C(=O)N2CC[C@H](Oc3cnccn3)C2)N1. The monoisotopic (exact) mass is 276 g/mol. The van der Waals surface area contributed by atoms with Crippen molar-refractivity contribution < 1.29 is 14.3 Å². The van der Waals surface area contributed by atoms with Gasteiger partial charge >= 0.3 is 0 Å². The van der Waals surface area contributed by atoms with E-state index in [-0.39, 0.29) is 24.0 Å². The first kappa shape index (κ1) is 12.8. The molecule has 0 bridgehead atoms. The Balaban J connectivity index is 1.54. The molecule has 2 atom stereocenters. The lowest BCUT2D eigenvalue weighted by molar-refractivity contribution is -0.133. The van der Waals surface area contributed by atoms with Crippen LogP contribution in [0, 0.1) is 0 Å². The minimum atomic E-state index is -0.363. The number of carbonyl (C=O) groups excluding carboxylic acids is 2. The molecule has 0 unspecified atom stereocenters. The number of nitrogens with one attached hydrogen (secondary N) is 1. The fourth-order valence-corrected chi connectivity index (χ4v) is 2.56. The molecule has 3 heterocycles. The second kappa shape index (κ2) is 5.44. The Hall–Kier alpha value is -2.18. The van der Waals surface area contributed by atoms with Crippen LogP contribution in [-0.2, 0) is 9.59 Å². The van der Waals surface area contributed by atoms with Crippen molar-refractivity contribution in [3.8, 4) is 5.88 Å². The van der Waals surface area contributed by atoms with E-state index in [1.807, 2.05) is 0 Å². The average molecular weight is 276 g/mol. The number of hydrogen-bond donors (Lipinski definition) is 1. The first-order valence-corrected chi connectivity index (χ1v) is 6.73. The van der Waals surface area contributed by atoms with E-state index in [4.69, 9.17) is 4.74 Å². The molecule has 7 nitrogen and oxygen atoms in total. The van der Waals surface area contributed by atoms with Crippen molar-refractivity contribution in [2.75, 3.05) is 13.1 Å². The molecule has 1 aromatic heterocycles. The van der Waals surface area contributed by atoms with Crippen LogP contribution in [0.3, 0.4) is 0 Å². The highest BCUT2D eigenvalue weighted by atomic mass is 16.5. The summed E-state index contributed by atoms with van der Waals surface area (Å²) in [5, 5.41) is 2.70. The zero-order chi connectivity index (χ0) is 13.9. The third-order valence-corrected chi connectivity index (χ3v) is 3.58. The van der Waals surface area contributed by atoms with Crippen LogP contribution in [0.15, 0.2) is 18.6 Å². The molecule has 2 amide bonds. The number of aromatic nitrogens is 2. The summed E-state index contributed by atoms with van der Waals surface area (Å²) in [4.78, 5) is 33.1. The molecular formula is C13H16N4O3. The van der Waals surface area contributed by atoms with E-state index < -0.39 is 0 Å². The maximum atomic E-state index is 12.2. The van der Waals surface area contributed by atoms with Gasteiger partial charge < -0.3 is 15.0 Å². The van der Waals surface area contributed by atoms with Crippen LogP contribution >= 0.6 is 0 Å². The Morgan fingerprint density at radius 1 is 1.40 bits per heavy atom. The van der Waals surface area contributed by atoms with E-state index in [0.29, 0.717) is 31.8 Å². The number of likely N-dealkylation sites (tertiary alicyclic amines) is 1. The van der Waals surface area contributed by atoms with Crippen LogP contribution < -0.4 is 10.1 Å². The van der Waals surface area contributed by atoms with E-state index >= 15 is 0 Å². The van der Waals surface area contributed by atoms with Gasteiger partial charge in [-0.25, -0.2) is 4.98 Å². The van der Waals surface area contributed by atoms with Crippen LogP contribution in [0.1, 0.15) is 19.3 Å². The Morgan fingerprint density at radius 3 is 3.00 bits per heavy atom. The molecular weight excluding hydrogens is 260 g/mol. The molecule has 0 radical (unpaired) electrons. The number of rotatable bonds is 3. The summed E-state index contributed by atoms with van der Waals surface area (Å²) in [5.74, 6) is 0.414. The van der Waals surface area contributed by atoms with Crippen molar-refractivity contribution >= 4 is 11.8 Å². The highest BCUT2D eigenvalue weighted by Crippen LogP contribution is 2.18. The van der Waals surface area contributed by atoms with Crippen molar-refractivity contribution in [1.82, 2.24) is 20.2 Å². The zero-order valence-electron chi connectivity index (χ0n) is 11.0. The largest absolute Gasteiger partial charge is 0.471 e. The first-order chi connectivity index (χ1) is 9.72. The smallest absolute Gasteiger partial charge is 0.245 e. The molecule has 2 saturated heterocycles. The van der Waals surface area contributed by atoms with Gasteiger partial charge in [0.15, 0.2) is 0 Å². The second-order valence-electron chi connectivity index (χ2n) is 5.02. The molecule has 0 aromatic carbocycles. The van der Waals surface area contributed by atoms with Gasteiger partial charge in [-0.2, -0.15) is 0 Å².